The summed E-state index contributed by atoms with van der Waals surface area (Å²) in [6.07, 6.45) is -4.03. The minimum atomic E-state index is -1.38. The maximum atomic E-state index is 13.1. The lowest BCUT2D eigenvalue weighted by molar-refractivity contribution is -0.0640. The second-order valence-electron chi connectivity index (χ2n) is 9.02. The molecule has 41 heavy (non-hydrogen) atoms. The van der Waals surface area contributed by atoms with E-state index >= 15 is 0 Å². The van der Waals surface area contributed by atoms with Crippen LogP contribution in [0.15, 0.2) is 113 Å². The van der Waals surface area contributed by atoms with E-state index in [2.05, 4.69) is 4.98 Å². The van der Waals surface area contributed by atoms with Gasteiger partial charge >= 0.3 is 23.6 Å². The van der Waals surface area contributed by atoms with Gasteiger partial charge in [-0.1, -0.05) is 54.6 Å². The summed E-state index contributed by atoms with van der Waals surface area (Å²) in [4.78, 5) is 65.5. The number of nitrogens with zero attached hydrogens (tertiary/aromatic N) is 1. The minimum absolute atomic E-state index is 0.201. The largest absolute Gasteiger partial charge is 0.459 e. The Morgan fingerprint density at radius 3 is 1.68 bits per heavy atom. The predicted octanol–water partition coefficient (Wildman–Crippen LogP) is 2.74. The third kappa shape index (κ3) is 6.31. The normalized spacial score (nSPS) is 19.7. The van der Waals surface area contributed by atoms with Crippen molar-refractivity contribution in [3.8, 4) is 0 Å². The Kier molecular flexibility index (Phi) is 8.16. The zero-order valence-electron chi connectivity index (χ0n) is 21.5. The van der Waals surface area contributed by atoms with Crippen molar-refractivity contribution in [2.24, 2.45) is 0 Å². The van der Waals surface area contributed by atoms with Gasteiger partial charge in [0.15, 0.2) is 18.4 Å². The van der Waals surface area contributed by atoms with Crippen LogP contribution in [0.25, 0.3) is 0 Å². The van der Waals surface area contributed by atoms with Crippen LogP contribution in [0.3, 0.4) is 0 Å². The second kappa shape index (κ2) is 12.3. The van der Waals surface area contributed by atoms with E-state index in [4.69, 9.17) is 18.9 Å². The van der Waals surface area contributed by atoms with Crippen LogP contribution >= 0.6 is 0 Å². The van der Waals surface area contributed by atoms with E-state index in [0.717, 1.165) is 10.6 Å². The quantitative estimate of drug-likeness (QED) is 0.256. The fraction of sp³-hybridized carbons (Fsp3) is 0.167. The maximum Gasteiger partial charge on any atom is 0.338 e. The number of nitrogens with one attached hydrogen (secondary N) is 1. The molecule has 1 N–H and O–H groups in total. The van der Waals surface area contributed by atoms with Crippen molar-refractivity contribution in [2.45, 2.75) is 24.5 Å². The van der Waals surface area contributed by atoms with Crippen LogP contribution in [-0.4, -0.2) is 52.4 Å². The molecule has 1 aromatic heterocycles. The molecule has 11 heteroatoms. The average molecular weight is 557 g/mol. The van der Waals surface area contributed by atoms with E-state index < -0.39 is 60.3 Å². The molecule has 1 aliphatic rings. The van der Waals surface area contributed by atoms with Gasteiger partial charge in [0.25, 0.3) is 5.56 Å². The summed E-state index contributed by atoms with van der Waals surface area (Å²) in [5.74, 6) is -2.19. The zero-order valence-corrected chi connectivity index (χ0v) is 21.5. The van der Waals surface area contributed by atoms with Crippen molar-refractivity contribution in [3.63, 3.8) is 0 Å². The summed E-state index contributed by atoms with van der Waals surface area (Å²) in [5, 5.41) is 0. The molecule has 0 aliphatic carbocycles. The first kappa shape index (κ1) is 27.3. The average Bonchev–Trinajstić information content (AvgIpc) is 3.33. The van der Waals surface area contributed by atoms with Crippen LogP contribution in [0.4, 0.5) is 0 Å². The number of carbonyl (C=O) groups excluding carboxylic acids is 3. The van der Waals surface area contributed by atoms with Gasteiger partial charge in [-0.2, -0.15) is 0 Å². The number of hydrogen-bond acceptors (Lipinski definition) is 9. The zero-order chi connectivity index (χ0) is 28.8. The molecule has 11 nitrogen and oxygen atoms in total. The minimum Gasteiger partial charge on any atom is -0.459 e. The summed E-state index contributed by atoms with van der Waals surface area (Å²) < 4.78 is 24.1. The molecule has 0 unspecified atom stereocenters. The van der Waals surface area contributed by atoms with E-state index in [1.165, 1.54) is 30.5 Å². The first-order chi connectivity index (χ1) is 19.9. The van der Waals surface area contributed by atoms with Crippen LogP contribution < -0.4 is 11.2 Å². The fourth-order valence-electron chi connectivity index (χ4n) is 4.31. The number of ether oxygens (including phenoxy) is 4. The first-order valence-electron chi connectivity index (χ1n) is 12.6. The number of aromatic amines is 1. The Labute approximate surface area is 232 Å². The summed E-state index contributed by atoms with van der Waals surface area (Å²) in [6.45, 7) is -0.408. The van der Waals surface area contributed by atoms with E-state index in [1.807, 2.05) is 0 Å². The van der Waals surface area contributed by atoms with Crippen molar-refractivity contribution in [1.29, 1.82) is 0 Å². The lowest BCUT2D eigenvalue weighted by atomic mass is 10.1. The number of rotatable bonds is 8. The molecule has 1 fully saturated rings. The van der Waals surface area contributed by atoms with E-state index in [9.17, 15) is 24.0 Å². The van der Waals surface area contributed by atoms with Crippen molar-refractivity contribution in [1.82, 2.24) is 9.55 Å². The number of aromatic nitrogens is 2. The van der Waals surface area contributed by atoms with Gasteiger partial charge in [0.2, 0.25) is 0 Å². The molecule has 0 spiro atoms. The lowest BCUT2D eigenvalue weighted by Gasteiger charge is -2.25. The summed E-state index contributed by atoms with van der Waals surface area (Å²) in [6, 6.07) is 25.5. The van der Waals surface area contributed by atoms with Crippen LogP contribution in [0.2, 0.25) is 0 Å². The molecule has 4 aromatic rings. The molecule has 1 aliphatic heterocycles. The Morgan fingerprint density at radius 1 is 0.683 bits per heavy atom. The third-order valence-corrected chi connectivity index (χ3v) is 6.30. The number of hydrogen-bond donors (Lipinski definition) is 1. The monoisotopic (exact) mass is 556 g/mol. The highest BCUT2D eigenvalue weighted by Gasteiger charge is 2.51. The Morgan fingerprint density at radius 2 is 1.17 bits per heavy atom. The maximum absolute atomic E-state index is 13.1. The van der Waals surface area contributed by atoms with Gasteiger partial charge in [0.1, 0.15) is 12.7 Å². The smallest absolute Gasteiger partial charge is 0.338 e. The third-order valence-electron chi connectivity index (χ3n) is 6.30. The SMILES string of the molecule is O=C(OC[C@@H]1O[C@@H](n2ccc(=O)[nH]c2=O)[C@H](OC(=O)c2ccccc2)[C@@H]1OC(=O)c1ccccc1)c1ccccc1. The predicted molar refractivity (Wildman–Crippen MR) is 143 cm³/mol. The number of benzene rings is 3. The molecule has 5 rings (SSSR count). The molecule has 0 saturated carbocycles. The highest BCUT2D eigenvalue weighted by Crippen LogP contribution is 2.34. The Balaban J connectivity index is 1.50. The standard InChI is InChI=1S/C30H24N2O9/c33-23-16-17-32(30(37)31-23)26-25(41-29(36)21-14-8-3-9-15-21)24(40-28(35)20-12-6-2-7-13-20)22(39-26)18-38-27(34)19-10-4-1-5-11-19/h1-17,22,24-26H,18H2,(H,31,33,37)/t22-,24+,25+,26+/m0/s1. The van der Waals surface area contributed by atoms with Gasteiger partial charge in [-0.25, -0.2) is 19.2 Å². The van der Waals surface area contributed by atoms with Gasteiger partial charge in [0.05, 0.1) is 16.7 Å². The van der Waals surface area contributed by atoms with Gasteiger partial charge in [-0.15, -0.1) is 0 Å². The number of esters is 3. The van der Waals surface area contributed by atoms with Crippen LogP contribution in [0.1, 0.15) is 37.3 Å². The van der Waals surface area contributed by atoms with Crippen LogP contribution in [-0.2, 0) is 18.9 Å². The van der Waals surface area contributed by atoms with Crippen molar-refractivity contribution in [3.05, 3.63) is 141 Å². The second-order valence-corrected chi connectivity index (χ2v) is 9.02. The summed E-state index contributed by atoms with van der Waals surface area (Å²) >= 11 is 0. The highest BCUT2D eigenvalue weighted by atomic mass is 16.7. The summed E-state index contributed by atoms with van der Waals surface area (Å²) in [7, 11) is 0. The van der Waals surface area contributed by atoms with Crippen molar-refractivity contribution in [2.75, 3.05) is 6.61 Å². The Hall–Kier alpha value is -5.29. The molecule has 4 atom stereocenters. The fourth-order valence-corrected chi connectivity index (χ4v) is 4.31. The molecular weight excluding hydrogens is 532 g/mol. The van der Waals surface area contributed by atoms with E-state index in [1.54, 1.807) is 66.7 Å². The van der Waals surface area contributed by atoms with Crippen LogP contribution in [0, 0.1) is 0 Å². The number of H-pyrrole nitrogens is 1. The molecule has 1 saturated heterocycles. The van der Waals surface area contributed by atoms with E-state index in [-0.39, 0.29) is 16.7 Å². The van der Waals surface area contributed by atoms with Crippen LogP contribution in [0.5, 0.6) is 0 Å². The van der Waals surface area contributed by atoms with Gasteiger partial charge in [0, 0.05) is 12.3 Å². The molecule has 0 radical (unpaired) electrons. The highest BCUT2D eigenvalue weighted by molar-refractivity contribution is 5.91. The topological polar surface area (TPSA) is 143 Å². The summed E-state index contributed by atoms with van der Waals surface area (Å²) in [5.41, 5.74) is -0.804. The van der Waals surface area contributed by atoms with Gasteiger partial charge < -0.3 is 18.9 Å². The van der Waals surface area contributed by atoms with Crippen molar-refractivity contribution < 1.29 is 33.3 Å². The molecule has 0 amide bonds. The molecule has 2 heterocycles. The van der Waals surface area contributed by atoms with Gasteiger partial charge in [-0.3, -0.25) is 14.3 Å². The molecular formula is C30H24N2O9. The Bertz CT molecular complexity index is 1640. The molecule has 208 valence electrons. The van der Waals surface area contributed by atoms with E-state index in [0.29, 0.717) is 0 Å². The van der Waals surface area contributed by atoms with Gasteiger partial charge in [-0.05, 0) is 36.4 Å². The van der Waals surface area contributed by atoms with Crippen molar-refractivity contribution >= 4 is 17.9 Å². The first-order valence-corrected chi connectivity index (χ1v) is 12.6. The lowest BCUT2D eigenvalue weighted by Crippen LogP contribution is -2.43. The molecule has 0 bridgehead atoms. The molecule has 3 aromatic carbocycles. The number of carbonyl (C=O) groups is 3.